The van der Waals surface area contributed by atoms with Gasteiger partial charge in [0.15, 0.2) is 11.4 Å². The fraction of sp³-hybridized carbons (Fsp3) is 0.435. The Hall–Kier alpha value is -5.64. The third-order valence-corrected chi connectivity index (χ3v) is 13.8. The van der Waals surface area contributed by atoms with E-state index in [4.69, 9.17) is 9.26 Å². The summed E-state index contributed by atoms with van der Waals surface area (Å²) in [5.74, 6) is -0.106. The first-order chi connectivity index (χ1) is 29.4. The van der Waals surface area contributed by atoms with Gasteiger partial charge in [0.25, 0.3) is 5.88 Å². The minimum absolute atomic E-state index is 0.0628. The molecule has 15 heteroatoms. The molecule has 318 valence electrons. The molecule has 61 heavy (non-hydrogen) atoms. The summed E-state index contributed by atoms with van der Waals surface area (Å²) in [5.41, 5.74) is 8.53. The fourth-order valence-corrected chi connectivity index (χ4v) is 10.5. The number of aromatic hydroxyl groups is 1. The Bertz CT molecular complexity index is 2520. The molecule has 1 saturated carbocycles. The number of para-hydroxylation sites is 1. The highest BCUT2D eigenvalue weighted by Crippen LogP contribution is 2.57. The number of aromatic amines is 1. The van der Waals surface area contributed by atoms with Crippen molar-refractivity contribution in [1.82, 2.24) is 40.4 Å². The molecule has 14 nitrogen and oxygen atoms in total. The Kier molecular flexibility index (Phi) is 11.1. The number of thiazole rings is 1. The summed E-state index contributed by atoms with van der Waals surface area (Å²) in [6.45, 7) is 11.3. The quantitative estimate of drug-likeness (QED) is 0.0831. The predicted octanol–water partition coefficient (Wildman–Crippen LogP) is 6.98. The number of carbonyl (C=O) groups excluding carboxylic acids is 2. The number of fused-ring (bicyclic) bond motifs is 1. The van der Waals surface area contributed by atoms with Gasteiger partial charge < -0.3 is 39.6 Å². The number of aryl methyl sites for hydroxylation is 1. The third kappa shape index (κ3) is 8.13. The molecule has 6 aromatic rings. The number of phenolic OH excluding ortho intramolecular Hbond substituents is 1. The van der Waals surface area contributed by atoms with Gasteiger partial charge in [0, 0.05) is 55.8 Å². The lowest BCUT2D eigenvalue weighted by atomic mass is 9.56. The van der Waals surface area contributed by atoms with E-state index in [1.54, 1.807) is 29.5 Å². The molecule has 4 atom stereocenters. The molecule has 0 bridgehead atoms. The average molecular weight is 845 g/mol. The first-order valence-corrected chi connectivity index (χ1v) is 22.1. The van der Waals surface area contributed by atoms with Crippen LogP contribution in [0, 0.1) is 18.3 Å². The van der Waals surface area contributed by atoms with Gasteiger partial charge in [0.2, 0.25) is 11.8 Å². The Balaban J connectivity index is 0.742. The maximum atomic E-state index is 14.2. The number of H-pyrrole nitrogens is 1. The zero-order valence-corrected chi connectivity index (χ0v) is 35.7. The maximum absolute atomic E-state index is 14.2. The minimum atomic E-state index is -0.817. The number of aliphatic hydroxyl groups is 1. The Morgan fingerprint density at radius 2 is 1.87 bits per heavy atom. The van der Waals surface area contributed by atoms with Gasteiger partial charge in [-0.25, -0.2) is 4.98 Å². The molecule has 3 aliphatic rings. The molecule has 6 heterocycles. The molecule has 4 aromatic heterocycles. The average Bonchev–Trinajstić information content (AvgIpc) is 4.04. The number of β-amino-alcohol motifs (C(OH)–C–C–N with tert-alkyl or cyclic N) is 1. The van der Waals surface area contributed by atoms with Gasteiger partial charge in [0.05, 0.1) is 40.5 Å². The number of hydrogen-bond acceptors (Lipinski definition) is 12. The summed E-state index contributed by atoms with van der Waals surface area (Å²) in [6.07, 6.45) is 4.48. The molecule has 0 radical (unpaired) electrons. The molecule has 3 fully saturated rings. The van der Waals surface area contributed by atoms with Crippen molar-refractivity contribution in [3.05, 3.63) is 95.0 Å². The third-order valence-electron chi connectivity index (χ3n) is 12.8. The van der Waals surface area contributed by atoms with Gasteiger partial charge in [-0.1, -0.05) is 50.2 Å². The van der Waals surface area contributed by atoms with Gasteiger partial charge in [-0.05, 0) is 90.4 Å². The first-order valence-electron chi connectivity index (χ1n) is 21.2. The van der Waals surface area contributed by atoms with Crippen LogP contribution in [0.5, 0.6) is 11.6 Å². The van der Waals surface area contributed by atoms with Gasteiger partial charge in [-0.2, -0.15) is 0 Å². The van der Waals surface area contributed by atoms with Crippen molar-refractivity contribution in [1.29, 1.82) is 0 Å². The predicted molar refractivity (Wildman–Crippen MR) is 231 cm³/mol. The van der Waals surface area contributed by atoms with Crippen LogP contribution in [0.2, 0.25) is 0 Å². The highest BCUT2D eigenvalue weighted by Gasteiger charge is 2.52. The van der Waals surface area contributed by atoms with Gasteiger partial charge in [-0.15, -0.1) is 21.5 Å². The van der Waals surface area contributed by atoms with Crippen molar-refractivity contribution >= 4 is 34.2 Å². The number of rotatable bonds is 14. The molecule has 2 aliphatic heterocycles. The van der Waals surface area contributed by atoms with Crippen LogP contribution in [-0.4, -0.2) is 102 Å². The van der Waals surface area contributed by atoms with Crippen molar-refractivity contribution in [3.63, 3.8) is 0 Å². The highest BCUT2D eigenvalue weighted by molar-refractivity contribution is 7.13. The van der Waals surface area contributed by atoms with E-state index in [-0.39, 0.29) is 42.5 Å². The number of nitrogens with one attached hydrogen (secondary N) is 2. The Labute approximate surface area is 358 Å². The number of carbonyl (C=O) groups is 2. The standard InChI is InChI=1S/C46H52N8O6S/c1-26(2)41(45(58)54-22-32(55)16-37(54)44(57)49-27(3)29-10-12-30(13-11-29)42-28(4)48-25-61-42)39-18-40(52-60-39)59-15-7-14-53-23-46(24-53)19-31(20-46)35-21-47-43-34(35)17-36(50-51-43)33-8-5-6-9-38(33)56/h5-6,8-13,17-18,21,25-27,31-32,37,41,55-56H,7,14-16,19-20,22-24H2,1-4H3,(H,47,51)(H,49,57)/t27-,32+,37-,41+/m0/s1. The number of aliphatic hydroxyl groups excluding tert-OH is 1. The summed E-state index contributed by atoms with van der Waals surface area (Å²) >= 11 is 1.59. The van der Waals surface area contributed by atoms with Crippen molar-refractivity contribution in [3.8, 4) is 33.3 Å². The van der Waals surface area contributed by atoms with E-state index in [0.29, 0.717) is 40.8 Å². The van der Waals surface area contributed by atoms with Crippen LogP contribution in [-0.2, 0) is 9.59 Å². The largest absolute Gasteiger partial charge is 0.507 e. The Morgan fingerprint density at radius 3 is 2.61 bits per heavy atom. The molecular weight excluding hydrogens is 793 g/mol. The van der Waals surface area contributed by atoms with Crippen molar-refractivity contribution < 1.29 is 29.1 Å². The summed E-state index contributed by atoms with van der Waals surface area (Å²) in [5, 5.41) is 38.0. The van der Waals surface area contributed by atoms with Crippen LogP contribution in [0.4, 0.5) is 0 Å². The number of aromatic nitrogens is 5. The topological polar surface area (TPSA) is 183 Å². The van der Waals surface area contributed by atoms with Crippen molar-refractivity contribution in [2.75, 3.05) is 32.8 Å². The second-order valence-electron chi connectivity index (χ2n) is 17.6. The van der Waals surface area contributed by atoms with E-state index in [2.05, 4.69) is 41.7 Å². The number of benzene rings is 2. The van der Waals surface area contributed by atoms with Gasteiger partial charge in [-0.3, -0.25) is 9.59 Å². The maximum Gasteiger partial charge on any atom is 0.254 e. The number of nitrogens with zero attached hydrogens (tertiary/aromatic N) is 6. The summed E-state index contributed by atoms with van der Waals surface area (Å²) in [6, 6.07) is 17.8. The molecule has 4 N–H and O–H groups in total. The summed E-state index contributed by atoms with van der Waals surface area (Å²) < 4.78 is 11.7. The number of amides is 2. The first kappa shape index (κ1) is 40.7. The molecule has 1 spiro atoms. The van der Waals surface area contributed by atoms with E-state index in [9.17, 15) is 19.8 Å². The van der Waals surface area contributed by atoms with Crippen LogP contribution in [0.15, 0.2) is 76.9 Å². The van der Waals surface area contributed by atoms with Crippen LogP contribution in [0.25, 0.3) is 32.7 Å². The lowest BCUT2D eigenvalue weighted by Gasteiger charge is -2.59. The SMILES string of the molecule is Cc1ncsc1-c1ccc([C@H](C)NC(=O)[C@@H]2C[C@@H](O)CN2C(=O)[C@@H](c2cc(OCCCN3CC4(CC(c5c[nH]c6nnc(-c7ccccc7O)cc56)C4)C3)no2)C(C)C)cc1. The van der Waals surface area contributed by atoms with Crippen molar-refractivity contribution in [2.24, 2.45) is 11.3 Å². The molecule has 0 unspecified atom stereocenters. The molecule has 1 aliphatic carbocycles. The number of ether oxygens (including phenoxy) is 1. The highest BCUT2D eigenvalue weighted by atomic mass is 32.1. The van der Waals surface area contributed by atoms with E-state index >= 15 is 0 Å². The molecule has 2 amide bonds. The van der Waals surface area contributed by atoms with Gasteiger partial charge >= 0.3 is 0 Å². The second kappa shape index (κ2) is 16.7. The molecule has 2 aromatic carbocycles. The smallest absolute Gasteiger partial charge is 0.254 e. The number of likely N-dealkylation sites (tertiary alicyclic amines) is 2. The minimum Gasteiger partial charge on any atom is -0.507 e. The summed E-state index contributed by atoms with van der Waals surface area (Å²) in [4.78, 5) is 40.5. The monoisotopic (exact) mass is 844 g/mol. The van der Waals surface area contributed by atoms with Crippen LogP contribution in [0.3, 0.4) is 0 Å². The van der Waals surface area contributed by atoms with E-state index in [1.165, 1.54) is 10.5 Å². The van der Waals surface area contributed by atoms with E-state index < -0.39 is 18.1 Å². The summed E-state index contributed by atoms with van der Waals surface area (Å²) in [7, 11) is 0. The molecule has 9 rings (SSSR count). The van der Waals surface area contributed by atoms with Crippen LogP contribution < -0.4 is 10.1 Å². The van der Waals surface area contributed by atoms with Crippen LogP contribution in [0.1, 0.15) is 86.9 Å². The number of phenols is 1. The zero-order valence-electron chi connectivity index (χ0n) is 34.9. The number of hydrogen-bond donors (Lipinski definition) is 4. The lowest BCUT2D eigenvalue weighted by Crippen LogP contribution is -2.61. The lowest BCUT2D eigenvalue weighted by molar-refractivity contribution is -0.141. The van der Waals surface area contributed by atoms with E-state index in [0.717, 1.165) is 71.6 Å². The molecular formula is C46H52N8O6S. The normalized spacial score (nSPS) is 19.9. The fourth-order valence-electron chi connectivity index (χ4n) is 9.69. The molecule has 2 saturated heterocycles. The van der Waals surface area contributed by atoms with Gasteiger partial charge in [0.1, 0.15) is 17.7 Å². The zero-order chi connectivity index (χ0) is 42.4. The van der Waals surface area contributed by atoms with Crippen molar-refractivity contribution in [2.45, 2.75) is 83.4 Å². The Morgan fingerprint density at radius 1 is 1.08 bits per heavy atom. The van der Waals surface area contributed by atoms with E-state index in [1.807, 2.05) is 75.7 Å². The van der Waals surface area contributed by atoms with Crippen LogP contribution >= 0.6 is 11.3 Å². The second-order valence-corrected chi connectivity index (χ2v) is 18.4.